The summed E-state index contributed by atoms with van der Waals surface area (Å²) in [5, 5.41) is 14.0. The van der Waals surface area contributed by atoms with E-state index in [0.717, 1.165) is 38.5 Å². The van der Waals surface area contributed by atoms with Gasteiger partial charge in [-0.25, -0.2) is 0 Å². The minimum Gasteiger partial charge on any atom is -0.756 e. The zero-order valence-corrected chi connectivity index (χ0v) is 47.5. The third kappa shape index (κ3) is 53.3. The number of rotatable bonds is 57. The van der Waals surface area contributed by atoms with Gasteiger partial charge in [0.25, 0.3) is 7.82 Å². The summed E-state index contributed by atoms with van der Waals surface area (Å²) in [5.41, 5.74) is 0. The summed E-state index contributed by atoms with van der Waals surface area (Å²) < 4.78 is 23.5. The molecule has 0 aromatic heterocycles. The van der Waals surface area contributed by atoms with Crippen molar-refractivity contribution in [2.75, 3.05) is 40.9 Å². The van der Waals surface area contributed by atoms with E-state index < -0.39 is 20.0 Å². The Balaban J connectivity index is 4.07. The molecule has 68 heavy (non-hydrogen) atoms. The number of hydrogen-bond acceptors (Lipinski definition) is 6. The summed E-state index contributed by atoms with van der Waals surface area (Å²) >= 11 is 0. The number of aliphatic hydroxyl groups excluding tert-OH is 1. The largest absolute Gasteiger partial charge is 0.756 e. The Bertz CT molecular complexity index is 1070. The van der Waals surface area contributed by atoms with Crippen LogP contribution in [0.1, 0.15) is 322 Å². The Hall–Kier alpha value is -0.500. The first kappa shape index (κ1) is 67.5. The summed E-state index contributed by atoms with van der Waals surface area (Å²) in [5.74, 6) is -0.155. The van der Waals surface area contributed by atoms with Crippen molar-refractivity contribution in [3.8, 4) is 0 Å². The molecule has 0 heterocycles. The van der Waals surface area contributed by atoms with Crippen LogP contribution in [0.25, 0.3) is 0 Å². The van der Waals surface area contributed by atoms with Crippen molar-refractivity contribution in [3.63, 3.8) is 0 Å². The van der Waals surface area contributed by atoms with E-state index in [2.05, 4.69) is 19.2 Å². The maximum atomic E-state index is 13.0. The second kappa shape index (κ2) is 51.4. The van der Waals surface area contributed by atoms with Gasteiger partial charge in [0, 0.05) is 6.42 Å². The highest BCUT2D eigenvalue weighted by atomic mass is 31.2. The molecule has 0 saturated heterocycles. The molecule has 0 aromatic carbocycles. The van der Waals surface area contributed by atoms with Crippen LogP contribution in [0.3, 0.4) is 0 Å². The van der Waals surface area contributed by atoms with Crippen LogP contribution in [0.4, 0.5) is 0 Å². The van der Waals surface area contributed by atoms with Crippen molar-refractivity contribution in [2.45, 2.75) is 334 Å². The van der Waals surface area contributed by atoms with Crippen LogP contribution in [-0.2, 0) is 18.4 Å². The first-order valence-electron chi connectivity index (χ1n) is 30.4. The molecule has 0 rings (SSSR count). The minimum absolute atomic E-state index is 0.0167. The third-order valence-electron chi connectivity index (χ3n) is 14.3. The van der Waals surface area contributed by atoms with Gasteiger partial charge in [-0.15, -0.1) is 0 Å². The summed E-state index contributed by atoms with van der Waals surface area (Å²) in [4.78, 5) is 25.6. The van der Waals surface area contributed by atoms with Crippen LogP contribution in [0.15, 0.2) is 0 Å². The fraction of sp³-hybridized carbons (Fsp3) is 0.983. The Morgan fingerprint density at radius 1 is 0.456 bits per heavy atom. The van der Waals surface area contributed by atoms with Crippen molar-refractivity contribution in [1.82, 2.24) is 5.32 Å². The lowest BCUT2D eigenvalue weighted by molar-refractivity contribution is -0.870. The van der Waals surface area contributed by atoms with Crippen LogP contribution in [0.2, 0.25) is 0 Å². The summed E-state index contributed by atoms with van der Waals surface area (Å²) in [6, 6.07) is -0.795. The van der Waals surface area contributed by atoms with E-state index >= 15 is 0 Å². The average Bonchev–Trinajstić information content (AvgIpc) is 3.30. The molecule has 0 aliphatic carbocycles. The van der Waals surface area contributed by atoms with Gasteiger partial charge in [-0.1, -0.05) is 303 Å². The number of aliphatic hydroxyl groups is 1. The van der Waals surface area contributed by atoms with E-state index in [1.165, 1.54) is 257 Å². The number of carbonyl (C=O) groups is 1. The number of unbranched alkanes of at least 4 members (excludes halogenated alkanes) is 44. The molecule has 0 aliphatic rings. The lowest BCUT2D eigenvalue weighted by Crippen LogP contribution is -2.46. The highest BCUT2D eigenvalue weighted by molar-refractivity contribution is 7.45. The van der Waals surface area contributed by atoms with Gasteiger partial charge in [-0.2, -0.15) is 0 Å². The Labute approximate surface area is 425 Å². The van der Waals surface area contributed by atoms with Crippen molar-refractivity contribution in [2.24, 2.45) is 0 Å². The molecule has 2 N–H and O–H groups in total. The number of phosphoric ester groups is 1. The van der Waals surface area contributed by atoms with Crippen LogP contribution in [-0.4, -0.2) is 68.5 Å². The number of likely N-dealkylation sites (N-methyl/N-ethyl adjacent to an activating group) is 1. The molecule has 1 amide bonds. The quantitative estimate of drug-likeness (QED) is 0.0357. The Kier molecular flexibility index (Phi) is 51.0. The van der Waals surface area contributed by atoms with Crippen molar-refractivity contribution in [1.29, 1.82) is 0 Å². The topological polar surface area (TPSA) is 108 Å². The fourth-order valence-corrected chi connectivity index (χ4v) is 10.3. The van der Waals surface area contributed by atoms with Gasteiger partial charge in [0.15, 0.2) is 0 Å². The molecule has 8 nitrogen and oxygen atoms in total. The van der Waals surface area contributed by atoms with Crippen molar-refractivity contribution in [3.05, 3.63) is 0 Å². The molecule has 0 aromatic rings. The number of amides is 1. The lowest BCUT2D eigenvalue weighted by atomic mass is 10.0. The highest BCUT2D eigenvalue weighted by Crippen LogP contribution is 2.38. The van der Waals surface area contributed by atoms with E-state index in [9.17, 15) is 19.4 Å². The van der Waals surface area contributed by atoms with Gasteiger partial charge in [0.2, 0.25) is 5.91 Å². The highest BCUT2D eigenvalue weighted by Gasteiger charge is 2.24. The molecule has 3 unspecified atom stereocenters. The number of carbonyl (C=O) groups excluding carboxylic acids is 1. The minimum atomic E-state index is -4.57. The van der Waals surface area contributed by atoms with Crippen LogP contribution >= 0.6 is 7.82 Å². The van der Waals surface area contributed by atoms with E-state index in [0.29, 0.717) is 23.9 Å². The van der Waals surface area contributed by atoms with Gasteiger partial charge in [-0.3, -0.25) is 9.36 Å². The number of hydrogen-bond donors (Lipinski definition) is 2. The average molecular weight is 986 g/mol. The Morgan fingerprint density at radius 2 is 0.721 bits per heavy atom. The number of nitrogens with one attached hydrogen (secondary N) is 1. The molecular weight excluding hydrogens is 864 g/mol. The SMILES string of the molecule is CCCCCCCCCCCCCCCCCCCCCCCCCCCCC(=O)NC(COP(=O)([O-])OCC[N+](C)(C)C)C(O)CCCCCCCCCCCCCCCCCCCCCC. The monoisotopic (exact) mass is 985 g/mol. The molecule has 9 heteroatoms. The zero-order chi connectivity index (χ0) is 49.9. The Morgan fingerprint density at radius 3 is 1.00 bits per heavy atom. The number of nitrogens with zero attached hydrogens (tertiary/aromatic N) is 1. The van der Waals surface area contributed by atoms with Crippen LogP contribution in [0, 0.1) is 0 Å². The third-order valence-corrected chi connectivity index (χ3v) is 15.3. The molecule has 0 saturated carbocycles. The van der Waals surface area contributed by atoms with Gasteiger partial charge >= 0.3 is 0 Å². The van der Waals surface area contributed by atoms with Crippen molar-refractivity contribution >= 4 is 13.7 Å². The summed E-state index contributed by atoms with van der Waals surface area (Å²) in [7, 11) is 1.33. The van der Waals surface area contributed by atoms with E-state index in [-0.39, 0.29) is 19.1 Å². The predicted octanol–water partition coefficient (Wildman–Crippen LogP) is 17.8. The maximum absolute atomic E-state index is 13.0. The fourth-order valence-electron chi connectivity index (χ4n) is 9.57. The van der Waals surface area contributed by atoms with Gasteiger partial charge in [0.1, 0.15) is 13.2 Å². The van der Waals surface area contributed by atoms with Gasteiger partial charge in [-0.05, 0) is 12.8 Å². The molecule has 0 aliphatic heterocycles. The van der Waals surface area contributed by atoms with E-state index in [4.69, 9.17) is 9.05 Å². The molecule has 0 radical (unpaired) electrons. The molecular formula is C59H121N2O6P. The molecule has 3 atom stereocenters. The molecule has 0 fully saturated rings. The smallest absolute Gasteiger partial charge is 0.268 e. The molecule has 408 valence electrons. The van der Waals surface area contributed by atoms with Crippen LogP contribution < -0.4 is 10.2 Å². The standard InChI is InChI=1S/C59H121N2O6P/c1-6-8-10-12-14-16-18-20-22-24-26-28-29-30-31-32-33-35-37-39-41-43-45-47-49-51-53-59(63)60-57(56-67-68(64,65)66-55-54-61(3,4)5)58(62)52-50-48-46-44-42-40-38-36-34-27-25-23-21-19-17-15-13-11-9-7-2/h57-58,62H,6-56H2,1-5H3,(H-,60,63,64,65). The van der Waals surface area contributed by atoms with E-state index in [1.54, 1.807) is 0 Å². The normalized spacial score (nSPS) is 13.8. The second-order valence-electron chi connectivity index (χ2n) is 22.4. The zero-order valence-electron chi connectivity index (χ0n) is 46.6. The summed E-state index contributed by atoms with van der Waals surface area (Å²) in [6.07, 6.45) is 61.4. The molecule has 0 bridgehead atoms. The van der Waals surface area contributed by atoms with Gasteiger partial charge < -0.3 is 28.8 Å². The second-order valence-corrected chi connectivity index (χ2v) is 23.8. The predicted molar refractivity (Wildman–Crippen MR) is 293 cm³/mol. The van der Waals surface area contributed by atoms with Crippen molar-refractivity contribution < 1.29 is 32.9 Å². The van der Waals surface area contributed by atoms with Crippen LogP contribution in [0.5, 0.6) is 0 Å². The first-order chi connectivity index (χ1) is 33.0. The number of quaternary nitrogens is 1. The lowest BCUT2D eigenvalue weighted by Gasteiger charge is -2.30. The summed E-state index contributed by atoms with van der Waals surface area (Å²) in [6.45, 7) is 4.79. The first-order valence-corrected chi connectivity index (χ1v) is 31.8. The van der Waals surface area contributed by atoms with Gasteiger partial charge in [0.05, 0.1) is 39.9 Å². The maximum Gasteiger partial charge on any atom is 0.268 e. The number of phosphoric acid groups is 1. The van der Waals surface area contributed by atoms with E-state index in [1.807, 2.05) is 21.1 Å². The molecule has 0 spiro atoms.